The summed E-state index contributed by atoms with van der Waals surface area (Å²) in [4.78, 5) is 13.5. The number of hydrogen-bond donors (Lipinski definition) is 0. The van der Waals surface area contributed by atoms with Crippen LogP contribution in [0.2, 0.25) is 0 Å². The first-order valence-electron chi connectivity index (χ1n) is 5.11. The van der Waals surface area contributed by atoms with Crippen LogP contribution in [0.3, 0.4) is 0 Å². The molecule has 0 saturated carbocycles. The van der Waals surface area contributed by atoms with E-state index in [-0.39, 0.29) is 5.91 Å². The van der Waals surface area contributed by atoms with Crippen molar-refractivity contribution < 1.29 is 4.79 Å². The first kappa shape index (κ1) is 11.5. The maximum atomic E-state index is 11.8. The van der Waals surface area contributed by atoms with Gasteiger partial charge in [-0.3, -0.25) is 4.79 Å². The number of nitrogens with zero attached hydrogens (tertiary/aromatic N) is 1. The van der Waals surface area contributed by atoms with Crippen LogP contribution in [0.1, 0.15) is 20.3 Å². The van der Waals surface area contributed by atoms with Gasteiger partial charge in [-0.05, 0) is 32.4 Å². The molecular weight excluding hydrogens is 186 g/mol. The van der Waals surface area contributed by atoms with Crippen molar-refractivity contribution in [2.24, 2.45) is 0 Å². The van der Waals surface area contributed by atoms with Crippen LogP contribution in [0, 0.1) is 0 Å². The van der Waals surface area contributed by atoms with Gasteiger partial charge in [-0.1, -0.05) is 24.3 Å². The molecule has 1 aliphatic rings. The quantitative estimate of drug-likeness (QED) is 0.632. The smallest absolute Gasteiger partial charge is 0.253 e. The lowest BCUT2D eigenvalue weighted by Gasteiger charge is -2.18. The number of hydrogen-bond acceptors (Lipinski definition) is 1. The minimum Gasteiger partial charge on any atom is -0.312 e. The summed E-state index contributed by atoms with van der Waals surface area (Å²) in [5, 5.41) is 0. The highest BCUT2D eigenvalue weighted by molar-refractivity contribution is 5.94. The van der Waals surface area contributed by atoms with E-state index in [0.29, 0.717) is 0 Å². The fraction of sp³-hybridized carbons (Fsp3) is 0.308. The Morgan fingerprint density at radius 3 is 2.87 bits per heavy atom. The maximum Gasteiger partial charge on any atom is 0.253 e. The Bertz CT molecular complexity index is 359. The van der Waals surface area contributed by atoms with Gasteiger partial charge in [0, 0.05) is 18.3 Å². The molecule has 0 atom stereocenters. The summed E-state index contributed by atoms with van der Waals surface area (Å²) in [6.45, 7) is 3.70. The molecule has 0 radical (unpaired) electrons. The van der Waals surface area contributed by atoms with Crippen molar-refractivity contribution in [1.29, 1.82) is 0 Å². The summed E-state index contributed by atoms with van der Waals surface area (Å²) in [5.41, 5.74) is 1.69. The van der Waals surface area contributed by atoms with Crippen LogP contribution in [-0.4, -0.2) is 17.9 Å². The summed E-state index contributed by atoms with van der Waals surface area (Å²) in [7, 11) is 1.80. The summed E-state index contributed by atoms with van der Waals surface area (Å²) in [6.07, 6.45) is 12.8. The van der Waals surface area contributed by atoms with E-state index in [1.807, 2.05) is 44.2 Å². The average molecular weight is 203 g/mol. The number of likely N-dealkylation sites (N-methyl/N-ethyl adjacent to an activating group) is 1. The maximum absolute atomic E-state index is 11.8. The number of allylic oxidation sites excluding steroid dienone is 6. The van der Waals surface area contributed by atoms with Crippen molar-refractivity contribution in [2.75, 3.05) is 7.05 Å². The highest BCUT2D eigenvalue weighted by Gasteiger charge is 2.12. The largest absolute Gasteiger partial charge is 0.312 e. The SMILES string of the molecule is C/C=C(\C)C(=O)N(C)C1=CC=CCC=C1. The Kier molecular flexibility index (Phi) is 4.10. The Balaban J connectivity index is 2.84. The zero-order valence-electron chi connectivity index (χ0n) is 9.53. The first-order chi connectivity index (χ1) is 7.16. The molecule has 80 valence electrons. The van der Waals surface area contributed by atoms with Crippen molar-refractivity contribution in [3.63, 3.8) is 0 Å². The minimum absolute atomic E-state index is 0.0451. The highest BCUT2D eigenvalue weighted by atomic mass is 16.2. The van der Waals surface area contributed by atoms with Crippen LogP contribution in [0.25, 0.3) is 0 Å². The van der Waals surface area contributed by atoms with E-state index < -0.39 is 0 Å². The van der Waals surface area contributed by atoms with Gasteiger partial charge in [-0.2, -0.15) is 0 Å². The third-order valence-electron chi connectivity index (χ3n) is 2.43. The Hall–Kier alpha value is -1.57. The Morgan fingerprint density at radius 1 is 1.47 bits per heavy atom. The van der Waals surface area contributed by atoms with Gasteiger partial charge in [-0.25, -0.2) is 0 Å². The van der Waals surface area contributed by atoms with Gasteiger partial charge in [0.15, 0.2) is 0 Å². The molecular formula is C13H17NO. The molecule has 0 aliphatic heterocycles. The molecule has 0 aromatic carbocycles. The summed E-state index contributed by atoms with van der Waals surface area (Å²) >= 11 is 0. The standard InChI is InChI=1S/C13H17NO/c1-4-11(2)13(15)14(3)12-9-7-5-6-8-10-12/h4-5,7-10H,6H2,1-3H3/b11-4+. The molecule has 0 fully saturated rings. The molecule has 15 heavy (non-hydrogen) atoms. The van der Waals surface area contributed by atoms with E-state index in [2.05, 4.69) is 6.08 Å². The summed E-state index contributed by atoms with van der Waals surface area (Å²) in [5.74, 6) is 0.0451. The molecule has 0 aromatic heterocycles. The van der Waals surface area contributed by atoms with E-state index in [4.69, 9.17) is 0 Å². The molecule has 0 aromatic rings. The van der Waals surface area contributed by atoms with Crippen LogP contribution < -0.4 is 0 Å². The minimum atomic E-state index is 0.0451. The van der Waals surface area contributed by atoms with E-state index >= 15 is 0 Å². The first-order valence-corrected chi connectivity index (χ1v) is 5.11. The van der Waals surface area contributed by atoms with Crippen LogP contribution >= 0.6 is 0 Å². The predicted molar refractivity (Wildman–Crippen MR) is 63.2 cm³/mol. The highest BCUT2D eigenvalue weighted by Crippen LogP contribution is 2.11. The van der Waals surface area contributed by atoms with Gasteiger partial charge in [0.05, 0.1) is 0 Å². The third-order valence-corrected chi connectivity index (χ3v) is 2.43. The summed E-state index contributed by atoms with van der Waals surface area (Å²) in [6, 6.07) is 0. The molecule has 0 unspecified atom stereocenters. The molecule has 0 saturated heterocycles. The van der Waals surface area contributed by atoms with Gasteiger partial charge in [0.25, 0.3) is 5.91 Å². The Labute approximate surface area is 91.3 Å². The predicted octanol–water partition coefficient (Wildman–Crippen LogP) is 2.81. The van der Waals surface area contributed by atoms with E-state index in [9.17, 15) is 4.79 Å². The zero-order valence-corrected chi connectivity index (χ0v) is 9.53. The number of rotatable bonds is 2. The lowest BCUT2D eigenvalue weighted by molar-refractivity contribution is -0.124. The van der Waals surface area contributed by atoms with Crippen LogP contribution in [0.4, 0.5) is 0 Å². The second-order valence-electron chi connectivity index (χ2n) is 3.49. The average Bonchev–Trinajstić information content (AvgIpc) is 2.54. The second kappa shape index (κ2) is 5.35. The second-order valence-corrected chi connectivity index (χ2v) is 3.49. The van der Waals surface area contributed by atoms with Crippen molar-refractivity contribution in [3.8, 4) is 0 Å². The number of amides is 1. The monoisotopic (exact) mass is 203 g/mol. The van der Waals surface area contributed by atoms with Gasteiger partial charge in [0.1, 0.15) is 0 Å². The fourth-order valence-corrected chi connectivity index (χ4v) is 1.30. The number of carbonyl (C=O) groups excluding carboxylic acids is 1. The van der Waals surface area contributed by atoms with Crippen LogP contribution in [-0.2, 0) is 4.79 Å². The molecule has 1 aliphatic carbocycles. The fourth-order valence-electron chi connectivity index (χ4n) is 1.30. The summed E-state index contributed by atoms with van der Waals surface area (Å²) < 4.78 is 0. The lowest BCUT2D eigenvalue weighted by Crippen LogP contribution is -2.25. The number of carbonyl (C=O) groups is 1. The third kappa shape index (κ3) is 2.94. The molecule has 2 heteroatoms. The van der Waals surface area contributed by atoms with Crippen molar-refractivity contribution >= 4 is 5.91 Å². The van der Waals surface area contributed by atoms with Gasteiger partial charge < -0.3 is 4.90 Å². The van der Waals surface area contributed by atoms with Crippen molar-refractivity contribution in [1.82, 2.24) is 4.90 Å². The van der Waals surface area contributed by atoms with E-state index in [0.717, 1.165) is 17.7 Å². The molecule has 1 rings (SSSR count). The molecule has 0 bridgehead atoms. The van der Waals surface area contributed by atoms with Crippen molar-refractivity contribution in [3.05, 3.63) is 47.7 Å². The van der Waals surface area contributed by atoms with Gasteiger partial charge in [0.2, 0.25) is 0 Å². The van der Waals surface area contributed by atoms with Gasteiger partial charge >= 0.3 is 0 Å². The van der Waals surface area contributed by atoms with Crippen LogP contribution in [0.15, 0.2) is 47.7 Å². The topological polar surface area (TPSA) is 20.3 Å². The van der Waals surface area contributed by atoms with E-state index in [1.165, 1.54) is 0 Å². The normalized spacial score (nSPS) is 15.9. The van der Waals surface area contributed by atoms with Gasteiger partial charge in [-0.15, -0.1) is 0 Å². The zero-order chi connectivity index (χ0) is 11.3. The molecule has 0 N–H and O–H groups in total. The lowest BCUT2D eigenvalue weighted by atomic mass is 10.2. The molecule has 1 amide bonds. The Morgan fingerprint density at radius 2 is 2.20 bits per heavy atom. The van der Waals surface area contributed by atoms with E-state index in [1.54, 1.807) is 11.9 Å². The van der Waals surface area contributed by atoms with Crippen LogP contribution in [0.5, 0.6) is 0 Å². The molecule has 0 spiro atoms. The van der Waals surface area contributed by atoms with Crippen molar-refractivity contribution in [2.45, 2.75) is 20.3 Å². The molecule has 2 nitrogen and oxygen atoms in total. The molecule has 0 heterocycles.